The maximum Gasteiger partial charge on any atom is 0.339 e. The third-order valence-corrected chi connectivity index (χ3v) is 8.44. The van der Waals surface area contributed by atoms with Gasteiger partial charge in [0.1, 0.15) is 5.75 Å². The van der Waals surface area contributed by atoms with Gasteiger partial charge in [-0.05, 0) is 83.9 Å². The first-order valence-electron chi connectivity index (χ1n) is 13.5. The molecule has 2 aromatic carbocycles. The number of carbonyl (C=O) groups is 2. The average molecular weight is 511 g/mol. The minimum absolute atomic E-state index is 0.104. The van der Waals surface area contributed by atoms with Crippen LogP contribution in [0.3, 0.4) is 0 Å². The van der Waals surface area contributed by atoms with Crippen LogP contribution in [0.15, 0.2) is 48.5 Å². The standard InChI is InChI=1S/C32H34N2O4/c1-31(2)15-22-16-32(3,18-31)19-34(22)27(36)17-38-30(37)28-24-6-4-5-7-26(24)33-29-21(10-13-25(28)29)14-20-8-11-23(35)12-9-20/h4-9,11-12,14,22,35H,10,13,15-19H2,1-3H3. The van der Waals surface area contributed by atoms with E-state index in [1.54, 1.807) is 12.1 Å². The Labute approximate surface area is 223 Å². The molecular formula is C32H34N2O4. The maximum absolute atomic E-state index is 13.6. The predicted molar refractivity (Wildman–Crippen MR) is 148 cm³/mol. The summed E-state index contributed by atoms with van der Waals surface area (Å²) in [6.07, 6.45) is 6.60. The summed E-state index contributed by atoms with van der Waals surface area (Å²) in [5.74, 6) is -0.349. The number of aromatic hydroxyl groups is 1. The smallest absolute Gasteiger partial charge is 0.339 e. The van der Waals surface area contributed by atoms with Gasteiger partial charge in [-0.1, -0.05) is 51.1 Å². The monoisotopic (exact) mass is 510 g/mol. The van der Waals surface area contributed by atoms with E-state index in [0.29, 0.717) is 12.0 Å². The number of phenols is 1. The Balaban J connectivity index is 1.27. The molecule has 2 unspecified atom stereocenters. The summed E-state index contributed by atoms with van der Waals surface area (Å²) in [6.45, 7) is 7.33. The Morgan fingerprint density at radius 2 is 1.84 bits per heavy atom. The third kappa shape index (κ3) is 4.46. The molecule has 3 aliphatic rings. The summed E-state index contributed by atoms with van der Waals surface area (Å²) in [5.41, 5.74) is 5.27. The Kier molecular flexibility index (Phi) is 5.82. The molecule has 6 heteroatoms. The van der Waals surface area contributed by atoms with E-state index in [4.69, 9.17) is 9.72 Å². The molecule has 3 aromatic rings. The van der Waals surface area contributed by atoms with Crippen LogP contribution in [0, 0.1) is 10.8 Å². The molecule has 0 spiro atoms. The van der Waals surface area contributed by atoms with E-state index in [1.165, 1.54) is 0 Å². The first kappa shape index (κ1) is 24.7. The van der Waals surface area contributed by atoms with Crippen molar-refractivity contribution in [3.8, 4) is 5.75 Å². The number of pyridine rings is 1. The van der Waals surface area contributed by atoms with Crippen molar-refractivity contribution in [2.24, 2.45) is 10.8 Å². The lowest BCUT2D eigenvalue weighted by molar-refractivity contribution is -0.135. The molecule has 1 aliphatic heterocycles. The summed E-state index contributed by atoms with van der Waals surface area (Å²) in [4.78, 5) is 33.7. The van der Waals surface area contributed by atoms with Crippen LogP contribution in [-0.2, 0) is 16.0 Å². The Bertz CT molecular complexity index is 1470. The molecule has 2 fully saturated rings. The van der Waals surface area contributed by atoms with Crippen molar-refractivity contribution >= 4 is 34.4 Å². The van der Waals surface area contributed by atoms with Crippen molar-refractivity contribution in [1.82, 2.24) is 9.88 Å². The van der Waals surface area contributed by atoms with Crippen molar-refractivity contribution < 1.29 is 19.4 Å². The van der Waals surface area contributed by atoms with E-state index in [0.717, 1.165) is 65.5 Å². The number of ether oxygens (including phenoxy) is 1. The number of nitrogens with zero attached hydrogens (tertiary/aromatic N) is 2. The first-order valence-corrected chi connectivity index (χ1v) is 13.5. The molecule has 1 saturated carbocycles. The number of rotatable bonds is 4. The van der Waals surface area contributed by atoms with Crippen LogP contribution in [0.2, 0.25) is 0 Å². The van der Waals surface area contributed by atoms with Gasteiger partial charge < -0.3 is 14.7 Å². The fourth-order valence-electron chi connectivity index (χ4n) is 7.32. The maximum atomic E-state index is 13.6. The molecule has 1 N–H and O–H groups in total. The average Bonchev–Trinajstić information content (AvgIpc) is 3.38. The number of likely N-dealkylation sites (tertiary alicyclic amines) is 1. The van der Waals surface area contributed by atoms with Gasteiger partial charge in [0.15, 0.2) is 6.61 Å². The van der Waals surface area contributed by atoms with Crippen molar-refractivity contribution in [3.05, 3.63) is 70.9 Å². The lowest BCUT2D eigenvalue weighted by Gasteiger charge is -2.39. The molecular weight excluding hydrogens is 476 g/mol. The number of aromatic nitrogens is 1. The van der Waals surface area contributed by atoms with Gasteiger partial charge in [0, 0.05) is 18.0 Å². The second-order valence-electron chi connectivity index (χ2n) is 12.4. The normalized spacial score (nSPS) is 24.6. The summed E-state index contributed by atoms with van der Waals surface area (Å²) in [5, 5.41) is 10.4. The van der Waals surface area contributed by atoms with Gasteiger partial charge in [0.05, 0.1) is 16.8 Å². The van der Waals surface area contributed by atoms with E-state index in [9.17, 15) is 14.7 Å². The van der Waals surface area contributed by atoms with E-state index >= 15 is 0 Å². The van der Waals surface area contributed by atoms with Gasteiger partial charge in [0.25, 0.3) is 5.91 Å². The van der Waals surface area contributed by atoms with Crippen molar-refractivity contribution in [3.63, 3.8) is 0 Å². The molecule has 38 heavy (non-hydrogen) atoms. The van der Waals surface area contributed by atoms with E-state index < -0.39 is 5.97 Å². The number of phenolic OH excluding ortho intramolecular Hbond substituents is 1. The van der Waals surface area contributed by atoms with Crippen LogP contribution in [0.4, 0.5) is 0 Å². The van der Waals surface area contributed by atoms with E-state index in [1.807, 2.05) is 41.3 Å². The molecule has 6 nitrogen and oxygen atoms in total. The molecule has 2 heterocycles. The molecule has 1 aromatic heterocycles. The number of fused-ring (bicyclic) bond motifs is 4. The molecule has 0 radical (unpaired) electrons. The number of benzene rings is 2. The topological polar surface area (TPSA) is 79.7 Å². The Morgan fingerprint density at radius 1 is 1.08 bits per heavy atom. The highest BCUT2D eigenvalue weighted by Crippen LogP contribution is 2.52. The summed E-state index contributed by atoms with van der Waals surface area (Å²) < 4.78 is 5.73. The van der Waals surface area contributed by atoms with Crippen molar-refractivity contribution in [2.75, 3.05) is 13.2 Å². The molecule has 196 valence electrons. The van der Waals surface area contributed by atoms with Gasteiger partial charge in [-0.15, -0.1) is 0 Å². The summed E-state index contributed by atoms with van der Waals surface area (Å²) in [6, 6.07) is 14.9. The van der Waals surface area contributed by atoms with Gasteiger partial charge in [-0.2, -0.15) is 0 Å². The SMILES string of the molecule is CC1(C)CC2CC(C)(CN2C(=O)COC(=O)c2c3c(nc4ccccc24)C(=Cc2ccc(O)cc2)CC3)C1. The summed E-state index contributed by atoms with van der Waals surface area (Å²) in [7, 11) is 0. The predicted octanol–water partition coefficient (Wildman–Crippen LogP) is 6.01. The van der Waals surface area contributed by atoms with E-state index in [-0.39, 0.29) is 35.1 Å². The molecule has 1 saturated heterocycles. The van der Waals surface area contributed by atoms with E-state index in [2.05, 4.69) is 26.8 Å². The number of carbonyl (C=O) groups excluding carboxylic acids is 2. The number of amides is 1. The highest BCUT2D eigenvalue weighted by Gasteiger charge is 2.51. The lowest BCUT2D eigenvalue weighted by Crippen LogP contribution is -2.39. The zero-order valence-electron chi connectivity index (χ0n) is 22.3. The zero-order valence-corrected chi connectivity index (χ0v) is 22.3. The fourth-order valence-corrected chi connectivity index (χ4v) is 7.32. The van der Waals surface area contributed by atoms with Crippen molar-refractivity contribution in [2.45, 2.75) is 58.9 Å². The zero-order chi connectivity index (χ0) is 26.7. The molecule has 2 atom stereocenters. The minimum atomic E-state index is -0.465. The summed E-state index contributed by atoms with van der Waals surface area (Å²) >= 11 is 0. The lowest BCUT2D eigenvalue weighted by atomic mass is 9.65. The number of hydrogen-bond donors (Lipinski definition) is 1. The highest BCUT2D eigenvalue weighted by molar-refractivity contribution is 6.07. The van der Waals surface area contributed by atoms with Crippen LogP contribution in [0.5, 0.6) is 5.75 Å². The van der Waals surface area contributed by atoms with Gasteiger partial charge in [0.2, 0.25) is 0 Å². The Morgan fingerprint density at radius 3 is 2.63 bits per heavy atom. The largest absolute Gasteiger partial charge is 0.508 e. The van der Waals surface area contributed by atoms with Crippen LogP contribution < -0.4 is 0 Å². The number of allylic oxidation sites excluding steroid dienone is 1. The molecule has 2 aliphatic carbocycles. The van der Waals surface area contributed by atoms with Crippen LogP contribution >= 0.6 is 0 Å². The second kappa shape index (κ2) is 8.97. The first-order chi connectivity index (χ1) is 18.1. The van der Waals surface area contributed by atoms with Gasteiger partial charge >= 0.3 is 5.97 Å². The number of para-hydroxylation sites is 1. The molecule has 6 rings (SSSR count). The van der Waals surface area contributed by atoms with Gasteiger partial charge in [-0.3, -0.25) is 4.79 Å². The molecule has 1 amide bonds. The highest BCUT2D eigenvalue weighted by atomic mass is 16.5. The fraction of sp³-hybridized carbons (Fsp3) is 0.406. The quantitative estimate of drug-likeness (QED) is 0.435. The molecule has 2 bridgehead atoms. The number of hydrogen-bond acceptors (Lipinski definition) is 5. The number of esters is 1. The van der Waals surface area contributed by atoms with Crippen LogP contribution in [-0.4, -0.2) is 46.1 Å². The van der Waals surface area contributed by atoms with Crippen molar-refractivity contribution in [1.29, 1.82) is 0 Å². The Hall–Kier alpha value is -3.67. The second-order valence-corrected chi connectivity index (χ2v) is 12.4. The van der Waals surface area contributed by atoms with Crippen LogP contribution in [0.25, 0.3) is 22.6 Å². The van der Waals surface area contributed by atoms with Crippen LogP contribution in [0.1, 0.15) is 73.6 Å². The minimum Gasteiger partial charge on any atom is -0.508 e. The van der Waals surface area contributed by atoms with Gasteiger partial charge in [-0.25, -0.2) is 9.78 Å². The third-order valence-electron chi connectivity index (χ3n) is 8.44.